The lowest BCUT2D eigenvalue weighted by molar-refractivity contribution is 0.0684. The van der Waals surface area contributed by atoms with Crippen molar-refractivity contribution in [1.29, 1.82) is 0 Å². The van der Waals surface area contributed by atoms with Crippen LogP contribution in [0, 0.1) is 5.92 Å². The fraction of sp³-hybridized carbons (Fsp3) is 0.316. The van der Waals surface area contributed by atoms with Gasteiger partial charge < -0.3 is 10.2 Å². The molecule has 1 aliphatic heterocycles. The van der Waals surface area contributed by atoms with Crippen molar-refractivity contribution in [3.05, 3.63) is 53.9 Å². The van der Waals surface area contributed by atoms with E-state index < -0.39 is 0 Å². The monoisotopic (exact) mass is 381 g/mol. The van der Waals surface area contributed by atoms with Gasteiger partial charge >= 0.3 is 0 Å². The number of nitrogens with one attached hydrogen (secondary N) is 1. The first-order valence-electron chi connectivity index (χ1n) is 8.90. The van der Waals surface area contributed by atoms with Crippen molar-refractivity contribution < 1.29 is 9.59 Å². The number of hydrogen-bond donors (Lipinski definition) is 1. The van der Waals surface area contributed by atoms with Crippen LogP contribution in [0.3, 0.4) is 0 Å². The molecule has 1 saturated heterocycles. The van der Waals surface area contributed by atoms with E-state index in [1.54, 1.807) is 36.7 Å². The molecule has 0 saturated carbocycles. The molecule has 1 N–H and O–H groups in total. The molecular formula is C19H19N5O2S. The van der Waals surface area contributed by atoms with Crippen LogP contribution in [0.4, 0.5) is 0 Å². The van der Waals surface area contributed by atoms with Gasteiger partial charge in [0.15, 0.2) is 0 Å². The topological polar surface area (TPSA) is 88.1 Å². The maximum absolute atomic E-state index is 12.4. The highest BCUT2D eigenvalue weighted by Gasteiger charge is 2.24. The number of benzene rings is 1. The molecule has 1 aromatic carbocycles. The molecule has 1 fully saturated rings. The van der Waals surface area contributed by atoms with Crippen LogP contribution in [0.2, 0.25) is 0 Å². The van der Waals surface area contributed by atoms with Crippen molar-refractivity contribution in [3.8, 4) is 0 Å². The van der Waals surface area contributed by atoms with Crippen molar-refractivity contribution in [3.63, 3.8) is 0 Å². The van der Waals surface area contributed by atoms with E-state index in [4.69, 9.17) is 0 Å². The second-order valence-corrected chi connectivity index (χ2v) is 7.18. The Labute approximate surface area is 160 Å². The molecule has 27 heavy (non-hydrogen) atoms. The minimum absolute atomic E-state index is 0.0239. The van der Waals surface area contributed by atoms with Crippen LogP contribution in [-0.4, -0.2) is 50.1 Å². The molecule has 3 heterocycles. The highest BCUT2D eigenvalue weighted by Crippen LogP contribution is 2.19. The molecule has 0 atom stereocenters. The van der Waals surface area contributed by atoms with Crippen LogP contribution < -0.4 is 5.32 Å². The van der Waals surface area contributed by atoms with Crippen molar-refractivity contribution in [2.24, 2.45) is 5.92 Å². The SMILES string of the molecule is O=C(NCC1CCN(C(=O)c2cccnc2)CC1)c1ccc2nsnc2c1. The maximum atomic E-state index is 12.4. The van der Waals surface area contributed by atoms with Crippen LogP contribution in [0.1, 0.15) is 33.6 Å². The van der Waals surface area contributed by atoms with E-state index in [9.17, 15) is 9.59 Å². The number of pyridine rings is 1. The summed E-state index contributed by atoms with van der Waals surface area (Å²) in [6, 6.07) is 8.92. The number of aromatic nitrogens is 3. The Kier molecular flexibility index (Phi) is 5.06. The van der Waals surface area contributed by atoms with Crippen LogP contribution in [-0.2, 0) is 0 Å². The second kappa shape index (κ2) is 7.79. The molecular weight excluding hydrogens is 362 g/mol. The molecule has 0 unspecified atom stereocenters. The summed E-state index contributed by atoms with van der Waals surface area (Å²) in [6.07, 6.45) is 5.01. The number of amides is 2. The molecule has 7 nitrogen and oxygen atoms in total. The van der Waals surface area contributed by atoms with Crippen LogP contribution in [0.25, 0.3) is 11.0 Å². The number of hydrogen-bond acceptors (Lipinski definition) is 6. The van der Waals surface area contributed by atoms with Gasteiger partial charge in [-0.15, -0.1) is 0 Å². The zero-order valence-electron chi connectivity index (χ0n) is 14.7. The van der Waals surface area contributed by atoms with E-state index in [1.807, 2.05) is 11.0 Å². The van der Waals surface area contributed by atoms with Gasteiger partial charge in [-0.1, -0.05) is 0 Å². The summed E-state index contributed by atoms with van der Waals surface area (Å²) >= 11 is 1.14. The third-order valence-electron chi connectivity index (χ3n) is 4.88. The Balaban J connectivity index is 1.28. The quantitative estimate of drug-likeness (QED) is 0.750. The van der Waals surface area contributed by atoms with E-state index in [2.05, 4.69) is 19.0 Å². The van der Waals surface area contributed by atoms with Gasteiger partial charge in [0.1, 0.15) is 11.0 Å². The minimum Gasteiger partial charge on any atom is -0.352 e. The fourth-order valence-corrected chi connectivity index (χ4v) is 3.79. The maximum Gasteiger partial charge on any atom is 0.255 e. The van der Waals surface area contributed by atoms with Crippen molar-refractivity contribution in [1.82, 2.24) is 23.9 Å². The zero-order valence-corrected chi connectivity index (χ0v) is 15.5. The predicted molar refractivity (Wildman–Crippen MR) is 103 cm³/mol. The lowest BCUT2D eigenvalue weighted by atomic mass is 9.96. The molecule has 4 rings (SSSR count). The highest BCUT2D eigenvalue weighted by atomic mass is 32.1. The van der Waals surface area contributed by atoms with E-state index in [1.165, 1.54) is 0 Å². The van der Waals surface area contributed by atoms with E-state index in [-0.39, 0.29) is 11.8 Å². The summed E-state index contributed by atoms with van der Waals surface area (Å²) in [5, 5.41) is 3.00. The summed E-state index contributed by atoms with van der Waals surface area (Å²) in [7, 11) is 0. The smallest absolute Gasteiger partial charge is 0.255 e. The van der Waals surface area contributed by atoms with Gasteiger partial charge in [0.25, 0.3) is 11.8 Å². The Morgan fingerprint density at radius 2 is 1.93 bits per heavy atom. The first-order valence-corrected chi connectivity index (χ1v) is 9.63. The van der Waals surface area contributed by atoms with Gasteiger partial charge in [-0.25, -0.2) is 0 Å². The molecule has 2 amide bonds. The zero-order chi connectivity index (χ0) is 18.6. The number of carbonyl (C=O) groups is 2. The number of carbonyl (C=O) groups excluding carboxylic acids is 2. The predicted octanol–water partition coefficient (Wildman–Crippen LogP) is 2.37. The number of nitrogens with zero attached hydrogens (tertiary/aromatic N) is 4. The van der Waals surface area contributed by atoms with Crippen LogP contribution in [0.5, 0.6) is 0 Å². The van der Waals surface area contributed by atoms with Crippen LogP contribution in [0.15, 0.2) is 42.7 Å². The Bertz CT molecular complexity index is 951. The van der Waals surface area contributed by atoms with E-state index in [0.29, 0.717) is 36.7 Å². The molecule has 1 aliphatic rings. The largest absolute Gasteiger partial charge is 0.352 e. The molecule has 0 bridgehead atoms. The molecule has 8 heteroatoms. The van der Waals surface area contributed by atoms with Gasteiger partial charge in [0, 0.05) is 37.6 Å². The van der Waals surface area contributed by atoms with Crippen molar-refractivity contribution >= 4 is 34.6 Å². The van der Waals surface area contributed by atoms with Crippen molar-refractivity contribution in [2.45, 2.75) is 12.8 Å². The first kappa shape index (κ1) is 17.5. The van der Waals surface area contributed by atoms with Gasteiger partial charge in [0.2, 0.25) is 0 Å². The van der Waals surface area contributed by atoms with E-state index >= 15 is 0 Å². The summed E-state index contributed by atoms with van der Waals surface area (Å²) in [6.45, 7) is 2.01. The Morgan fingerprint density at radius 3 is 2.70 bits per heavy atom. The average Bonchev–Trinajstić information content (AvgIpc) is 3.20. The van der Waals surface area contributed by atoms with Crippen LogP contribution >= 0.6 is 11.7 Å². The van der Waals surface area contributed by atoms with Gasteiger partial charge in [-0.05, 0) is 49.1 Å². The summed E-state index contributed by atoms with van der Waals surface area (Å²) in [4.78, 5) is 30.7. The molecule has 0 aliphatic carbocycles. The number of piperidine rings is 1. The third kappa shape index (κ3) is 3.95. The standard InChI is InChI=1S/C19H19N5O2S/c25-18(14-3-4-16-17(10-14)23-27-22-16)21-11-13-5-8-24(9-6-13)19(26)15-2-1-7-20-12-15/h1-4,7,10,12-13H,5-6,8-9,11H2,(H,21,25). The minimum atomic E-state index is -0.0984. The summed E-state index contributed by atoms with van der Waals surface area (Å²) in [5.41, 5.74) is 2.77. The summed E-state index contributed by atoms with van der Waals surface area (Å²) < 4.78 is 8.31. The number of fused-ring (bicyclic) bond motifs is 1. The second-order valence-electron chi connectivity index (χ2n) is 6.66. The lowest BCUT2D eigenvalue weighted by Gasteiger charge is -2.32. The molecule has 2 aromatic heterocycles. The lowest BCUT2D eigenvalue weighted by Crippen LogP contribution is -2.41. The highest BCUT2D eigenvalue weighted by molar-refractivity contribution is 7.00. The normalized spacial score (nSPS) is 15.0. The molecule has 0 spiro atoms. The first-order chi connectivity index (χ1) is 13.2. The van der Waals surface area contributed by atoms with Gasteiger partial charge in [-0.2, -0.15) is 8.75 Å². The fourth-order valence-electron chi connectivity index (χ4n) is 3.27. The molecule has 3 aromatic rings. The van der Waals surface area contributed by atoms with Gasteiger partial charge in [-0.3, -0.25) is 14.6 Å². The number of likely N-dealkylation sites (tertiary alicyclic amines) is 1. The van der Waals surface area contributed by atoms with Crippen molar-refractivity contribution in [2.75, 3.05) is 19.6 Å². The number of rotatable bonds is 4. The average molecular weight is 381 g/mol. The molecule has 138 valence electrons. The Hall–Kier alpha value is -2.87. The Morgan fingerprint density at radius 1 is 1.11 bits per heavy atom. The van der Waals surface area contributed by atoms with E-state index in [0.717, 1.165) is 35.6 Å². The van der Waals surface area contributed by atoms with Gasteiger partial charge in [0.05, 0.1) is 17.3 Å². The molecule has 0 radical (unpaired) electrons. The summed E-state index contributed by atoms with van der Waals surface area (Å²) in [5.74, 6) is 0.297. The third-order valence-corrected chi connectivity index (χ3v) is 5.43.